The molecule has 1 aromatic carbocycles. The molecule has 0 aliphatic rings. The Morgan fingerprint density at radius 1 is 1.61 bits per heavy atom. The van der Waals surface area contributed by atoms with Crippen LogP contribution in [0.15, 0.2) is 26.8 Å². The van der Waals surface area contributed by atoms with Gasteiger partial charge in [0.05, 0.1) is 17.8 Å². The zero-order valence-corrected chi connectivity index (χ0v) is 12.5. The molecule has 7 heteroatoms. The Morgan fingerprint density at radius 3 is 2.94 bits per heavy atom. The van der Waals surface area contributed by atoms with Crippen molar-refractivity contribution in [2.24, 2.45) is 15.9 Å². The number of aromatic hydroxyl groups is 1. The SMILES string of the molecule is CCS/C(N)=N/N=C/c1cc(Br)c(O)c(OC)c1. The number of hydrogen-bond donors (Lipinski definition) is 2. The number of methoxy groups -OCH3 is 1. The van der Waals surface area contributed by atoms with Crippen LogP contribution < -0.4 is 10.5 Å². The number of ether oxygens (including phenoxy) is 1. The summed E-state index contributed by atoms with van der Waals surface area (Å²) in [5.74, 6) is 1.27. The van der Waals surface area contributed by atoms with E-state index in [9.17, 15) is 5.11 Å². The molecule has 0 aromatic heterocycles. The van der Waals surface area contributed by atoms with E-state index in [4.69, 9.17) is 10.5 Å². The van der Waals surface area contributed by atoms with Crippen LogP contribution >= 0.6 is 27.7 Å². The largest absolute Gasteiger partial charge is 0.503 e. The highest BCUT2D eigenvalue weighted by Crippen LogP contribution is 2.34. The molecule has 0 amide bonds. The van der Waals surface area contributed by atoms with E-state index in [0.29, 0.717) is 15.4 Å². The van der Waals surface area contributed by atoms with E-state index in [1.807, 2.05) is 6.92 Å². The van der Waals surface area contributed by atoms with Gasteiger partial charge in [0.15, 0.2) is 16.7 Å². The first kappa shape index (κ1) is 14.8. The monoisotopic (exact) mass is 331 g/mol. The standard InChI is InChI=1S/C11H14BrN3O2S/c1-3-18-11(13)15-14-6-7-4-8(12)10(16)9(5-7)17-2/h4-6,16H,3H2,1-2H3,(H2,13,15)/b14-6+. The van der Waals surface area contributed by atoms with Crippen molar-refractivity contribution in [3.63, 3.8) is 0 Å². The summed E-state index contributed by atoms with van der Waals surface area (Å²) in [5, 5.41) is 17.7. The molecule has 0 aliphatic heterocycles. The number of amidine groups is 1. The Balaban J connectivity index is 2.88. The van der Waals surface area contributed by atoms with Crippen molar-refractivity contribution >= 4 is 39.1 Å². The lowest BCUT2D eigenvalue weighted by Gasteiger charge is -2.05. The van der Waals surface area contributed by atoms with Crippen LogP contribution in [0.4, 0.5) is 0 Å². The molecule has 5 nitrogen and oxygen atoms in total. The second-order valence-corrected chi connectivity index (χ2v) is 5.31. The van der Waals surface area contributed by atoms with Crippen molar-refractivity contribution in [1.82, 2.24) is 0 Å². The second-order valence-electron chi connectivity index (χ2n) is 3.17. The zero-order chi connectivity index (χ0) is 13.5. The number of benzene rings is 1. The summed E-state index contributed by atoms with van der Waals surface area (Å²) in [6.07, 6.45) is 1.54. The molecule has 0 radical (unpaired) electrons. The number of rotatable bonds is 4. The molecule has 0 bridgehead atoms. The maximum atomic E-state index is 9.64. The Hall–Kier alpha value is -1.21. The van der Waals surface area contributed by atoms with Crippen molar-refractivity contribution in [2.45, 2.75) is 6.92 Å². The molecule has 0 saturated carbocycles. The van der Waals surface area contributed by atoms with Crippen LogP contribution in [-0.2, 0) is 0 Å². The predicted octanol–water partition coefficient (Wildman–Crippen LogP) is 2.57. The van der Waals surface area contributed by atoms with Gasteiger partial charge in [0, 0.05) is 0 Å². The minimum Gasteiger partial charge on any atom is -0.503 e. The van der Waals surface area contributed by atoms with Gasteiger partial charge in [0.2, 0.25) is 0 Å². The molecule has 98 valence electrons. The second kappa shape index (κ2) is 7.27. The summed E-state index contributed by atoms with van der Waals surface area (Å²) in [6.45, 7) is 1.98. The molecule has 0 aliphatic carbocycles. The summed E-state index contributed by atoms with van der Waals surface area (Å²) in [7, 11) is 1.48. The van der Waals surface area contributed by atoms with Gasteiger partial charge in [0.1, 0.15) is 0 Å². The molecule has 1 rings (SSSR count). The van der Waals surface area contributed by atoms with E-state index < -0.39 is 0 Å². The third kappa shape index (κ3) is 4.23. The molecule has 18 heavy (non-hydrogen) atoms. The molecular weight excluding hydrogens is 318 g/mol. The molecule has 0 atom stereocenters. The Morgan fingerprint density at radius 2 is 2.33 bits per heavy atom. The van der Waals surface area contributed by atoms with Crippen LogP contribution in [-0.4, -0.2) is 29.4 Å². The predicted molar refractivity (Wildman–Crippen MR) is 79.7 cm³/mol. The quantitative estimate of drug-likeness (QED) is 0.504. The lowest BCUT2D eigenvalue weighted by molar-refractivity contribution is 0.372. The summed E-state index contributed by atoms with van der Waals surface area (Å²) in [4.78, 5) is 0. The van der Waals surface area contributed by atoms with E-state index in [0.717, 1.165) is 11.3 Å². The third-order valence-electron chi connectivity index (χ3n) is 1.93. The minimum atomic E-state index is 0.0548. The number of phenolic OH excluding ortho intramolecular Hbond substituents is 1. The molecule has 3 N–H and O–H groups in total. The van der Waals surface area contributed by atoms with Crippen LogP contribution in [0.25, 0.3) is 0 Å². The Bertz CT molecular complexity index is 478. The average Bonchev–Trinajstić information content (AvgIpc) is 2.33. The van der Waals surface area contributed by atoms with Gasteiger partial charge in [-0.1, -0.05) is 18.7 Å². The van der Waals surface area contributed by atoms with Crippen molar-refractivity contribution in [3.05, 3.63) is 22.2 Å². The van der Waals surface area contributed by atoms with Crippen LogP contribution in [0.3, 0.4) is 0 Å². The normalized spacial score (nSPS) is 12.1. The fourth-order valence-electron chi connectivity index (χ4n) is 1.15. The Labute approximate surface area is 118 Å². The van der Waals surface area contributed by atoms with Crippen LogP contribution in [0.1, 0.15) is 12.5 Å². The summed E-state index contributed by atoms with van der Waals surface area (Å²) < 4.78 is 5.56. The van der Waals surface area contributed by atoms with Gasteiger partial charge in [-0.2, -0.15) is 5.10 Å². The fraction of sp³-hybridized carbons (Fsp3) is 0.273. The van der Waals surface area contributed by atoms with E-state index in [2.05, 4.69) is 26.1 Å². The summed E-state index contributed by atoms with van der Waals surface area (Å²) >= 11 is 4.65. The smallest absolute Gasteiger partial charge is 0.180 e. The molecule has 0 spiro atoms. The molecular formula is C11H14BrN3O2S. The highest BCUT2D eigenvalue weighted by atomic mass is 79.9. The van der Waals surface area contributed by atoms with Gasteiger partial charge >= 0.3 is 0 Å². The summed E-state index contributed by atoms with van der Waals surface area (Å²) in [5.41, 5.74) is 6.33. The lowest BCUT2D eigenvalue weighted by Crippen LogP contribution is -2.05. The number of halogens is 1. The van der Waals surface area contributed by atoms with E-state index in [1.54, 1.807) is 12.1 Å². The van der Waals surface area contributed by atoms with Gasteiger partial charge in [-0.3, -0.25) is 0 Å². The highest BCUT2D eigenvalue weighted by molar-refractivity contribution is 9.10. The van der Waals surface area contributed by atoms with Crippen LogP contribution in [0.5, 0.6) is 11.5 Å². The number of hydrogen-bond acceptors (Lipinski definition) is 5. The van der Waals surface area contributed by atoms with E-state index in [1.165, 1.54) is 25.1 Å². The zero-order valence-electron chi connectivity index (χ0n) is 10.1. The minimum absolute atomic E-state index is 0.0548. The first-order valence-corrected chi connectivity index (χ1v) is 6.92. The highest BCUT2D eigenvalue weighted by Gasteiger charge is 2.07. The van der Waals surface area contributed by atoms with Crippen molar-refractivity contribution < 1.29 is 9.84 Å². The van der Waals surface area contributed by atoms with Crippen LogP contribution in [0.2, 0.25) is 0 Å². The number of nitrogens with two attached hydrogens (primary N) is 1. The maximum Gasteiger partial charge on any atom is 0.180 e. The number of thioether (sulfide) groups is 1. The van der Waals surface area contributed by atoms with Crippen LogP contribution in [0, 0.1) is 0 Å². The lowest BCUT2D eigenvalue weighted by atomic mass is 10.2. The van der Waals surface area contributed by atoms with E-state index >= 15 is 0 Å². The molecule has 0 unspecified atom stereocenters. The van der Waals surface area contributed by atoms with Gasteiger partial charge in [-0.15, -0.1) is 5.10 Å². The molecule has 0 heterocycles. The molecule has 1 aromatic rings. The first-order chi connectivity index (χ1) is 8.58. The first-order valence-electron chi connectivity index (χ1n) is 5.14. The van der Waals surface area contributed by atoms with Crippen molar-refractivity contribution in [1.29, 1.82) is 0 Å². The fourth-order valence-corrected chi connectivity index (χ4v) is 2.01. The number of phenols is 1. The maximum absolute atomic E-state index is 9.64. The third-order valence-corrected chi connectivity index (χ3v) is 3.20. The van der Waals surface area contributed by atoms with Gasteiger partial charge in [-0.25, -0.2) is 0 Å². The van der Waals surface area contributed by atoms with Gasteiger partial charge in [-0.05, 0) is 39.4 Å². The van der Waals surface area contributed by atoms with Crippen molar-refractivity contribution in [3.8, 4) is 11.5 Å². The Kier molecular flexibility index (Phi) is 6.00. The van der Waals surface area contributed by atoms with Gasteiger partial charge < -0.3 is 15.6 Å². The van der Waals surface area contributed by atoms with E-state index in [-0.39, 0.29) is 5.75 Å². The number of nitrogens with zero attached hydrogens (tertiary/aromatic N) is 2. The van der Waals surface area contributed by atoms with Gasteiger partial charge in [0.25, 0.3) is 0 Å². The molecule has 0 saturated heterocycles. The average molecular weight is 332 g/mol. The van der Waals surface area contributed by atoms with Crippen molar-refractivity contribution in [2.75, 3.05) is 12.9 Å². The molecule has 0 fully saturated rings. The topological polar surface area (TPSA) is 80.2 Å². The summed E-state index contributed by atoms with van der Waals surface area (Å²) in [6, 6.07) is 3.36.